The molecule has 1 heterocycles. The molecule has 7 nitrogen and oxygen atoms in total. The van der Waals surface area contributed by atoms with Gasteiger partial charge in [0, 0.05) is 24.8 Å². The van der Waals surface area contributed by atoms with E-state index >= 15 is 0 Å². The van der Waals surface area contributed by atoms with E-state index in [9.17, 15) is 9.59 Å². The first-order valence-electron chi connectivity index (χ1n) is 5.75. The number of carboxylic acid groups (broad SMARTS) is 1. The van der Waals surface area contributed by atoms with Gasteiger partial charge < -0.3 is 15.7 Å². The molecule has 0 aliphatic heterocycles. The Morgan fingerprint density at radius 2 is 2.28 bits per heavy atom. The van der Waals surface area contributed by atoms with E-state index in [1.54, 1.807) is 13.2 Å². The lowest BCUT2D eigenvalue weighted by Gasteiger charge is -2.13. The largest absolute Gasteiger partial charge is 0.479 e. The van der Waals surface area contributed by atoms with Crippen molar-refractivity contribution in [3.8, 4) is 0 Å². The lowest BCUT2D eigenvalue weighted by molar-refractivity contribution is -0.139. The molecule has 0 radical (unpaired) electrons. The van der Waals surface area contributed by atoms with Crippen molar-refractivity contribution >= 4 is 12.0 Å². The van der Waals surface area contributed by atoms with Crippen molar-refractivity contribution in [1.29, 1.82) is 0 Å². The monoisotopic (exact) mass is 252 g/mol. The second-order valence-electron chi connectivity index (χ2n) is 4.66. The van der Waals surface area contributed by atoms with Crippen LogP contribution in [0.5, 0.6) is 0 Å². The van der Waals surface area contributed by atoms with Gasteiger partial charge in [-0.1, -0.05) is 6.92 Å². The summed E-state index contributed by atoms with van der Waals surface area (Å²) in [6.07, 6.45) is 3.94. The average Bonchev–Trinajstić information content (AvgIpc) is 2.79. The Hall–Kier alpha value is -2.05. The molecular weight excluding hydrogens is 236 g/mol. The maximum atomic E-state index is 11.6. The predicted molar refractivity (Wildman–Crippen MR) is 62.8 cm³/mol. The quantitative estimate of drug-likeness (QED) is 0.715. The molecule has 3 unspecified atom stereocenters. The molecule has 0 spiro atoms. The number of aromatic nitrogens is 2. The number of nitrogens with one attached hydrogen (secondary N) is 2. The zero-order valence-electron chi connectivity index (χ0n) is 10.3. The van der Waals surface area contributed by atoms with Crippen molar-refractivity contribution in [3.05, 3.63) is 18.0 Å². The van der Waals surface area contributed by atoms with Gasteiger partial charge in [-0.05, 0) is 12.3 Å². The second kappa shape index (κ2) is 4.67. The number of aryl methyl sites for hydroxylation is 1. The van der Waals surface area contributed by atoms with Crippen LogP contribution in [0.15, 0.2) is 12.4 Å². The number of carbonyl (C=O) groups is 2. The lowest BCUT2D eigenvalue weighted by Crippen LogP contribution is -2.42. The fourth-order valence-corrected chi connectivity index (χ4v) is 1.74. The maximum absolute atomic E-state index is 11.6. The highest BCUT2D eigenvalue weighted by atomic mass is 16.4. The smallest absolute Gasteiger partial charge is 0.331 e. The van der Waals surface area contributed by atoms with E-state index in [0.717, 1.165) is 6.42 Å². The molecule has 7 heteroatoms. The molecule has 2 rings (SSSR count). The molecule has 0 bridgehead atoms. The molecule has 0 saturated heterocycles. The third kappa shape index (κ3) is 2.79. The molecule has 98 valence electrons. The van der Waals surface area contributed by atoms with E-state index in [1.165, 1.54) is 10.9 Å². The van der Waals surface area contributed by atoms with Gasteiger partial charge >= 0.3 is 12.0 Å². The Balaban J connectivity index is 1.98. The number of urea groups is 1. The van der Waals surface area contributed by atoms with Gasteiger partial charge in [0.15, 0.2) is 6.04 Å². The highest BCUT2D eigenvalue weighted by Crippen LogP contribution is 2.28. The van der Waals surface area contributed by atoms with Gasteiger partial charge in [-0.2, -0.15) is 5.10 Å². The summed E-state index contributed by atoms with van der Waals surface area (Å²) in [6, 6.07) is -1.37. The van der Waals surface area contributed by atoms with E-state index in [1.807, 2.05) is 6.92 Å². The van der Waals surface area contributed by atoms with Crippen molar-refractivity contribution < 1.29 is 14.7 Å². The number of hydrogen-bond donors (Lipinski definition) is 3. The molecular formula is C11H16N4O3. The molecule has 0 aromatic carbocycles. The standard InChI is InChI=1S/C11H16N4O3/c1-6-3-8(6)13-11(18)14-9(10(16)17)7-4-12-15(2)5-7/h4-6,8-9H,3H2,1-2H3,(H,16,17)(H2,13,14,18). The van der Waals surface area contributed by atoms with E-state index in [2.05, 4.69) is 15.7 Å². The van der Waals surface area contributed by atoms with Crippen LogP contribution in [-0.4, -0.2) is 32.9 Å². The Labute approximate surface area is 104 Å². The fourth-order valence-electron chi connectivity index (χ4n) is 1.74. The third-order valence-electron chi connectivity index (χ3n) is 3.01. The van der Waals surface area contributed by atoms with Crippen molar-refractivity contribution in [2.75, 3.05) is 0 Å². The molecule has 3 N–H and O–H groups in total. The van der Waals surface area contributed by atoms with Crippen LogP contribution in [0.25, 0.3) is 0 Å². The van der Waals surface area contributed by atoms with Crippen molar-refractivity contribution in [2.45, 2.75) is 25.4 Å². The van der Waals surface area contributed by atoms with Crippen molar-refractivity contribution in [2.24, 2.45) is 13.0 Å². The number of rotatable bonds is 4. The average molecular weight is 252 g/mol. The molecule has 18 heavy (non-hydrogen) atoms. The zero-order valence-corrected chi connectivity index (χ0v) is 10.3. The first-order valence-corrected chi connectivity index (χ1v) is 5.75. The van der Waals surface area contributed by atoms with Crippen LogP contribution in [-0.2, 0) is 11.8 Å². The van der Waals surface area contributed by atoms with Crippen LogP contribution in [0.2, 0.25) is 0 Å². The maximum Gasteiger partial charge on any atom is 0.331 e. The Bertz CT molecular complexity index is 471. The highest BCUT2D eigenvalue weighted by Gasteiger charge is 2.34. The Kier molecular flexibility index (Phi) is 3.22. The molecule has 3 atom stereocenters. The minimum atomic E-state index is -1.11. The Morgan fingerprint density at radius 1 is 1.61 bits per heavy atom. The summed E-state index contributed by atoms with van der Waals surface area (Å²) in [6.45, 7) is 2.03. The number of aliphatic carboxylic acids is 1. The van der Waals surface area contributed by atoms with E-state index in [4.69, 9.17) is 5.11 Å². The van der Waals surface area contributed by atoms with Crippen LogP contribution < -0.4 is 10.6 Å². The second-order valence-corrected chi connectivity index (χ2v) is 4.66. The third-order valence-corrected chi connectivity index (χ3v) is 3.01. The summed E-state index contributed by atoms with van der Waals surface area (Å²) in [5.74, 6) is -0.639. The fraction of sp³-hybridized carbons (Fsp3) is 0.545. The normalized spacial score (nSPS) is 23.2. The van der Waals surface area contributed by atoms with Gasteiger partial charge in [-0.3, -0.25) is 4.68 Å². The number of hydrogen-bond acceptors (Lipinski definition) is 3. The zero-order chi connectivity index (χ0) is 13.3. The number of amides is 2. The lowest BCUT2D eigenvalue weighted by atomic mass is 10.1. The van der Waals surface area contributed by atoms with Gasteiger partial charge in [0.2, 0.25) is 0 Å². The summed E-state index contributed by atoms with van der Waals surface area (Å²) in [5.41, 5.74) is 0.448. The minimum Gasteiger partial charge on any atom is -0.479 e. The molecule has 1 saturated carbocycles. The van der Waals surface area contributed by atoms with E-state index < -0.39 is 18.0 Å². The summed E-state index contributed by atoms with van der Waals surface area (Å²) < 4.78 is 1.49. The van der Waals surface area contributed by atoms with Gasteiger partial charge in [-0.25, -0.2) is 9.59 Å². The van der Waals surface area contributed by atoms with Crippen LogP contribution in [0.1, 0.15) is 24.9 Å². The molecule has 1 aliphatic rings. The van der Waals surface area contributed by atoms with Gasteiger partial charge in [0.1, 0.15) is 0 Å². The van der Waals surface area contributed by atoms with Crippen LogP contribution in [0.3, 0.4) is 0 Å². The van der Waals surface area contributed by atoms with E-state index in [0.29, 0.717) is 11.5 Å². The van der Waals surface area contributed by atoms with Crippen molar-refractivity contribution in [1.82, 2.24) is 20.4 Å². The minimum absolute atomic E-state index is 0.161. The predicted octanol–water partition coefficient (Wildman–Crippen LogP) is 0.253. The van der Waals surface area contributed by atoms with Crippen LogP contribution >= 0.6 is 0 Å². The van der Waals surface area contributed by atoms with Crippen LogP contribution in [0, 0.1) is 5.92 Å². The van der Waals surface area contributed by atoms with Gasteiger partial charge in [-0.15, -0.1) is 0 Å². The summed E-state index contributed by atoms with van der Waals surface area (Å²) in [7, 11) is 1.69. The molecule has 1 aliphatic carbocycles. The molecule has 1 aromatic rings. The molecule has 1 aromatic heterocycles. The molecule has 2 amide bonds. The van der Waals surface area contributed by atoms with Crippen LogP contribution in [0.4, 0.5) is 4.79 Å². The van der Waals surface area contributed by atoms with Gasteiger partial charge in [0.25, 0.3) is 0 Å². The first-order chi connectivity index (χ1) is 8.47. The van der Waals surface area contributed by atoms with Gasteiger partial charge in [0.05, 0.1) is 6.20 Å². The summed E-state index contributed by atoms with van der Waals surface area (Å²) >= 11 is 0. The number of carbonyl (C=O) groups excluding carboxylic acids is 1. The SMILES string of the molecule is CC1CC1NC(=O)NC(C(=O)O)c1cnn(C)c1. The summed E-state index contributed by atoms with van der Waals surface area (Å²) in [4.78, 5) is 22.8. The topological polar surface area (TPSA) is 96.2 Å². The summed E-state index contributed by atoms with van der Waals surface area (Å²) in [5, 5.41) is 18.2. The Morgan fingerprint density at radius 3 is 2.72 bits per heavy atom. The number of carboxylic acids is 1. The first kappa shape index (κ1) is 12.4. The number of nitrogens with zero attached hydrogens (tertiary/aromatic N) is 2. The van der Waals surface area contributed by atoms with E-state index in [-0.39, 0.29) is 6.04 Å². The van der Waals surface area contributed by atoms with Crippen molar-refractivity contribution in [3.63, 3.8) is 0 Å². The molecule has 1 fully saturated rings. The highest BCUT2D eigenvalue weighted by molar-refractivity contribution is 5.83.